The number of hydrogen-bond donors (Lipinski definition) is 1. The summed E-state index contributed by atoms with van der Waals surface area (Å²) in [5.74, 6) is 0.263. The molecule has 2 rings (SSSR count). The monoisotopic (exact) mass is 305 g/mol. The van der Waals surface area contributed by atoms with Crippen LogP contribution in [0.1, 0.15) is 12.0 Å². The summed E-state index contributed by atoms with van der Waals surface area (Å²) in [4.78, 5) is 16.2. The highest BCUT2D eigenvalue weighted by Crippen LogP contribution is 2.01. The predicted octanol–water partition coefficient (Wildman–Crippen LogP) is 0.957. The fraction of sp³-hybridized carbons (Fsp3) is 0.588. The van der Waals surface area contributed by atoms with Crippen LogP contribution in [-0.2, 0) is 16.1 Å². The number of carbonyl (C=O) groups excluding carboxylic acids is 1. The molecule has 0 bridgehead atoms. The van der Waals surface area contributed by atoms with Gasteiger partial charge < -0.3 is 19.9 Å². The van der Waals surface area contributed by atoms with Crippen molar-refractivity contribution in [1.29, 1.82) is 0 Å². The number of amides is 1. The van der Waals surface area contributed by atoms with Gasteiger partial charge in [-0.1, -0.05) is 30.3 Å². The van der Waals surface area contributed by atoms with Gasteiger partial charge in [0.25, 0.3) is 0 Å². The van der Waals surface area contributed by atoms with Gasteiger partial charge in [0.2, 0.25) is 5.91 Å². The van der Waals surface area contributed by atoms with Gasteiger partial charge in [0, 0.05) is 45.7 Å². The third-order valence-electron chi connectivity index (χ3n) is 3.91. The molecule has 5 nitrogen and oxygen atoms in total. The number of carbonyl (C=O) groups is 1. The highest BCUT2D eigenvalue weighted by Gasteiger charge is 2.16. The highest BCUT2D eigenvalue weighted by atomic mass is 16.5. The summed E-state index contributed by atoms with van der Waals surface area (Å²) in [6.45, 7) is 6.47. The van der Waals surface area contributed by atoms with Crippen LogP contribution in [0, 0.1) is 0 Å². The molecule has 1 N–H and O–H groups in total. The van der Waals surface area contributed by atoms with Gasteiger partial charge >= 0.3 is 0 Å². The van der Waals surface area contributed by atoms with Crippen LogP contribution in [0.25, 0.3) is 0 Å². The Balaban J connectivity index is 1.54. The first-order valence-corrected chi connectivity index (χ1v) is 8.04. The predicted molar refractivity (Wildman–Crippen MR) is 87.7 cm³/mol. The van der Waals surface area contributed by atoms with Crippen molar-refractivity contribution < 1.29 is 9.53 Å². The molecule has 1 aromatic carbocycles. The standard InChI is InChI=1S/C17H27N3O2/c1-19(10-7-17(21)20-11-8-18-9-12-20)13-14-22-15-16-5-3-2-4-6-16/h2-6,18H,7-15H2,1H3. The van der Waals surface area contributed by atoms with Crippen molar-refractivity contribution in [3.63, 3.8) is 0 Å². The van der Waals surface area contributed by atoms with Crippen molar-refractivity contribution in [2.75, 3.05) is 52.9 Å². The fourth-order valence-electron chi connectivity index (χ4n) is 2.46. The van der Waals surface area contributed by atoms with E-state index in [9.17, 15) is 4.79 Å². The first-order valence-electron chi connectivity index (χ1n) is 8.04. The lowest BCUT2D eigenvalue weighted by Crippen LogP contribution is -2.47. The van der Waals surface area contributed by atoms with Gasteiger partial charge in [-0.2, -0.15) is 0 Å². The van der Waals surface area contributed by atoms with E-state index in [1.165, 1.54) is 5.56 Å². The molecular formula is C17H27N3O2. The molecule has 0 atom stereocenters. The molecule has 1 amide bonds. The Morgan fingerprint density at radius 3 is 2.68 bits per heavy atom. The second-order valence-corrected chi connectivity index (χ2v) is 5.72. The minimum Gasteiger partial charge on any atom is -0.375 e. The van der Waals surface area contributed by atoms with E-state index < -0.39 is 0 Å². The second-order valence-electron chi connectivity index (χ2n) is 5.72. The van der Waals surface area contributed by atoms with E-state index in [2.05, 4.69) is 22.3 Å². The van der Waals surface area contributed by atoms with Gasteiger partial charge in [0.05, 0.1) is 13.2 Å². The van der Waals surface area contributed by atoms with Crippen LogP contribution >= 0.6 is 0 Å². The molecule has 122 valence electrons. The van der Waals surface area contributed by atoms with E-state index in [0.29, 0.717) is 19.6 Å². The molecule has 0 aliphatic carbocycles. The highest BCUT2D eigenvalue weighted by molar-refractivity contribution is 5.76. The van der Waals surface area contributed by atoms with Crippen molar-refractivity contribution in [2.45, 2.75) is 13.0 Å². The summed E-state index contributed by atoms with van der Waals surface area (Å²) in [6.07, 6.45) is 0.592. The Labute approximate surface area is 133 Å². The van der Waals surface area contributed by atoms with E-state index in [-0.39, 0.29) is 5.91 Å². The summed E-state index contributed by atoms with van der Waals surface area (Å²) in [5.41, 5.74) is 1.19. The molecule has 1 heterocycles. The molecule has 1 aliphatic rings. The molecule has 0 saturated carbocycles. The Morgan fingerprint density at radius 1 is 1.23 bits per heavy atom. The number of nitrogens with one attached hydrogen (secondary N) is 1. The lowest BCUT2D eigenvalue weighted by atomic mass is 10.2. The van der Waals surface area contributed by atoms with Crippen LogP contribution in [-0.4, -0.2) is 68.6 Å². The molecule has 5 heteroatoms. The topological polar surface area (TPSA) is 44.8 Å². The first-order chi connectivity index (χ1) is 10.8. The largest absolute Gasteiger partial charge is 0.375 e. The Hall–Kier alpha value is -1.43. The second kappa shape index (κ2) is 9.56. The average molecular weight is 305 g/mol. The summed E-state index contributed by atoms with van der Waals surface area (Å²) < 4.78 is 5.67. The van der Waals surface area contributed by atoms with Gasteiger partial charge in [0.1, 0.15) is 0 Å². The van der Waals surface area contributed by atoms with Crippen molar-refractivity contribution >= 4 is 5.91 Å². The average Bonchev–Trinajstić information content (AvgIpc) is 2.58. The molecule has 1 aromatic rings. The third kappa shape index (κ3) is 6.13. The normalized spacial score (nSPS) is 15.3. The first kappa shape index (κ1) is 16.9. The van der Waals surface area contributed by atoms with Crippen LogP contribution in [0.3, 0.4) is 0 Å². The summed E-state index contributed by atoms with van der Waals surface area (Å²) >= 11 is 0. The van der Waals surface area contributed by atoms with Crippen LogP contribution < -0.4 is 5.32 Å². The van der Waals surface area contributed by atoms with Crippen LogP contribution in [0.15, 0.2) is 30.3 Å². The SMILES string of the molecule is CN(CCOCc1ccccc1)CCC(=O)N1CCNCC1. The number of nitrogens with zero attached hydrogens (tertiary/aromatic N) is 2. The molecular weight excluding hydrogens is 278 g/mol. The maximum absolute atomic E-state index is 12.1. The number of likely N-dealkylation sites (N-methyl/N-ethyl adjacent to an activating group) is 1. The van der Waals surface area contributed by atoms with E-state index in [4.69, 9.17) is 4.74 Å². The van der Waals surface area contributed by atoms with Gasteiger partial charge in [-0.3, -0.25) is 4.79 Å². The summed E-state index contributed by atoms with van der Waals surface area (Å²) in [5, 5.41) is 3.26. The minimum absolute atomic E-state index is 0.263. The maximum atomic E-state index is 12.1. The summed E-state index contributed by atoms with van der Waals surface area (Å²) in [6, 6.07) is 10.2. The van der Waals surface area contributed by atoms with Crippen LogP contribution in [0.5, 0.6) is 0 Å². The molecule has 0 radical (unpaired) electrons. The number of piperazine rings is 1. The Morgan fingerprint density at radius 2 is 1.95 bits per heavy atom. The van der Waals surface area contributed by atoms with Crippen molar-refractivity contribution in [3.05, 3.63) is 35.9 Å². The molecule has 1 aliphatic heterocycles. The van der Waals surface area contributed by atoms with E-state index in [1.54, 1.807) is 0 Å². The molecule has 22 heavy (non-hydrogen) atoms. The molecule has 0 aromatic heterocycles. The fourth-order valence-corrected chi connectivity index (χ4v) is 2.46. The van der Waals surface area contributed by atoms with Crippen LogP contribution in [0.4, 0.5) is 0 Å². The number of rotatable bonds is 8. The third-order valence-corrected chi connectivity index (χ3v) is 3.91. The van der Waals surface area contributed by atoms with Crippen molar-refractivity contribution in [1.82, 2.24) is 15.1 Å². The maximum Gasteiger partial charge on any atom is 0.223 e. The van der Waals surface area contributed by atoms with Gasteiger partial charge in [-0.25, -0.2) is 0 Å². The molecule has 0 spiro atoms. The lowest BCUT2D eigenvalue weighted by Gasteiger charge is -2.28. The number of benzene rings is 1. The smallest absolute Gasteiger partial charge is 0.223 e. The quantitative estimate of drug-likeness (QED) is 0.727. The van der Waals surface area contributed by atoms with Crippen LogP contribution in [0.2, 0.25) is 0 Å². The van der Waals surface area contributed by atoms with Gasteiger partial charge in [0.15, 0.2) is 0 Å². The van der Waals surface area contributed by atoms with E-state index in [1.807, 2.05) is 30.1 Å². The zero-order valence-corrected chi connectivity index (χ0v) is 13.5. The zero-order chi connectivity index (χ0) is 15.6. The lowest BCUT2D eigenvalue weighted by molar-refractivity contribution is -0.132. The Kier molecular flexibility index (Phi) is 7.36. The van der Waals surface area contributed by atoms with Gasteiger partial charge in [-0.05, 0) is 12.6 Å². The van der Waals surface area contributed by atoms with E-state index in [0.717, 1.165) is 39.3 Å². The molecule has 0 unspecified atom stereocenters. The van der Waals surface area contributed by atoms with Gasteiger partial charge in [-0.15, -0.1) is 0 Å². The number of hydrogen-bond acceptors (Lipinski definition) is 4. The Bertz CT molecular complexity index is 433. The van der Waals surface area contributed by atoms with Crippen molar-refractivity contribution in [2.24, 2.45) is 0 Å². The summed E-state index contributed by atoms with van der Waals surface area (Å²) in [7, 11) is 2.04. The number of ether oxygens (including phenoxy) is 1. The molecule has 1 saturated heterocycles. The minimum atomic E-state index is 0.263. The molecule has 1 fully saturated rings. The van der Waals surface area contributed by atoms with Crippen molar-refractivity contribution in [3.8, 4) is 0 Å². The zero-order valence-electron chi connectivity index (χ0n) is 13.5. The van der Waals surface area contributed by atoms with E-state index >= 15 is 0 Å².